The van der Waals surface area contributed by atoms with Crippen LogP contribution in [0.25, 0.3) is 0 Å². The minimum absolute atomic E-state index is 0.294. The number of rotatable bonds is 2. The molecular weight excluding hydrogens is 182 g/mol. The highest BCUT2D eigenvalue weighted by molar-refractivity contribution is 5.76. The molecule has 0 aromatic carbocycles. The molecule has 0 spiro atoms. The predicted octanol–water partition coefficient (Wildman–Crippen LogP) is 0.600. The molecule has 0 saturated carbocycles. The van der Waals surface area contributed by atoms with Gasteiger partial charge in [0.25, 0.3) is 0 Å². The van der Waals surface area contributed by atoms with Gasteiger partial charge in [-0.2, -0.15) is 0 Å². The van der Waals surface area contributed by atoms with Gasteiger partial charge in [0, 0.05) is 12.4 Å². The summed E-state index contributed by atoms with van der Waals surface area (Å²) in [6, 6.07) is -0.616. The SMILES string of the molecule is CC(NC(=O)n1ccnc1)C(C)(C)O. The van der Waals surface area contributed by atoms with Crippen molar-refractivity contribution < 1.29 is 9.90 Å². The maximum Gasteiger partial charge on any atom is 0.327 e. The van der Waals surface area contributed by atoms with E-state index in [0.717, 1.165) is 0 Å². The summed E-state index contributed by atoms with van der Waals surface area (Å²) in [7, 11) is 0. The molecule has 1 aromatic rings. The number of hydrogen-bond donors (Lipinski definition) is 2. The molecule has 0 aliphatic carbocycles. The Morgan fingerprint density at radius 3 is 2.71 bits per heavy atom. The van der Waals surface area contributed by atoms with Crippen LogP contribution in [0.3, 0.4) is 0 Å². The fourth-order valence-corrected chi connectivity index (χ4v) is 0.816. The maximum atomic E-state index is 11.5. The lowest BCUT2D eigenvalue weighted by Gasteiger charge is -2.26. The van der Waals surface area contributed by atoms with E-state index in [1.165, 1.54) is 17.1 Å². The predicted molar refractivity (Wildman–Crippen MR) is 51.9 cm³/mol. The van der Waals surface area contributed by atoms with Crippen LogP contribution in [0.5, 0.6) is 0 Å². The summed E-state index contributed by atoms with van der Waals surface area (Å²) in [4.78, 5) is 15.2. The molecule has 0 radical (unpaired) electrons. The van der Waals surface area contributed by atoms with Crippen molar-refractivity contribution in [2.75, 3.05) is 0 Å². The van der Waals surface area contributed by atoms with Crippen LogP contribution in [0.2, 0.25) is 0 Å². The van der Waals surface area contributed by atoms with Crippen LogP contribution < -0.4 is 5.32 Å². The molecule has 1 atom stereocenters. The third-order valence-electron chi connectivity index (χ3n) is 2.14. The van der Waals surface area contributed by atoms with E-state index in [1.54, 1.807) is 27.0 Å². The summed E-state index contributed by atoms with van der Waals surface area (Å²) in [5.74, 6) is 0. The second-order valence-electron chi connectivity index (χ2n) is 3.79. The van der Waals surface area contributed by atoms with Gasteiger partial charge in [-0.1, -0.05) is 0 Å². The number of nitrogens with zero attached hydrogens (tertiary/aromatic N) is 2. The molecule has 0 aliphatic rings. The molecule has 5 heteroatoms. The molecule has 1 rings (SSSR count). The number of nitrogens with one attached hydrogen (secondary N) is 1. The van der Waals surface area contributed by atoms with Crippen molar-refractivity contribution in [2.45, 2.75) is 32.4 Å². The number of hydrogen-bond acceptors (Lipinski definition) is 3. The summed E-state index contributed by atoms with van der Waals surface area (Å²) in [5.41, 5.74) is -0.934. The zero-order chi connectivity index (χ0) is 10.8. The van der Waals surface area contributed by atoms with Gasteiger partial charge in [0.1, 0.15) is 6.33 Å². The van der Waals surface area contributed by atoms with Gasteiger partial charge in [-0.25, -0.2) is 9.78 Å². The van der Waals surface area contributed by atoms with Crippen LogP contribution in [0.4, 0.5) is 4.79 Å². The van der Waals surface area contributed by atoms with Gasteiger partial charge in [-0.15, -0.1) is 0 Å². The van der Waals surface area contributed by atoms with Crippen molar-refractivity contribution in [1.82, 2.24) is 14.9 Å². The molecule has 0 aliphatic heterocycles. The van der Waals surface area contributed by atoms with Crippen molar-refractivity contribution in [3.63, 3.8) is 0 Å². The maximum absolute atomic E-state index is 11.5. The second kappa shape index (κ2) is 3.79. The van der Waals surface area contributed by atoms with Gasteiger partial charge in [-0.3, -0.25) is 4.57 Å². The monoisotopic (exact) mass is 197 g/mol. The Labute approximate surface area is 82.8 Å². The normalized spacial score (nSPS) is 13.7. The van der Waals surface area contributed by atoms with Crippen molar-refractivity contribution in [3.8, 4) is 0 Å². The fourth-order valence-electron chi connectivity index (χ4n) is 0.816. The van der Waals surface area contributed by atoms with Crippen molar-refractivity contribution in [3.05, 3.63) is 18.7 Å². The molecule has 1 heterocycles. The van der Waals surface area contributed by atoms with Gasteiger partial charge in [0.05, 0.1) is 11.6 Å². The first-order valence-corrected chi connectivity index (χ1v) is 4.42. The molecule has 1 unspecified atom stereocenters. The fraction of sp³-hybridized carbons (Fsp3) is 0.556. The van der Waals surface area contributed by atoms with Crippen LogP contribution in [-0.4, -0.2) is 32.3 Å². The Hall–Kier alpha value is -1.36. The van der Waals surface area contributed by atoms with E-state index in [0.29, 0.717) is 0 Å². The third-order valence-corrected chi connectivity index (χ3v) is 2.14. The smallest absolute Gasteiger partial charge is 0.327 e. The van der Waals surface area contributed by atoms with Gasteiger partial charge < -0.3 is 10.4 Å². The number of amides is 1. The Morgan fingerprint density at radius 1 is 1.64 bits per heavy atom. The third kappa shape index (κ3) is 2.56. The lowest BCUT2D eigenvalue weighted by Crippen LogP contribution is -2.48. The molecule has 0 saturated heterocycles. The average Bonchev–Trinajstić information content (AvgIpc) is 2.53. The van der Waals surface area contributed by atoms with Crippen LogP contribution in [0.1, 0.15) is 20.8 Å². The Balaban J connectivity index is 2.58. The topological polar surface area (TPSA) is 67.2 Å². The molecule has 78 valence electrons. The van der Waals surface area contributed by atoms with Crippen LogP contribution in [0.15, 0.2) is 18.7 Å². The van der Waals surface area contributed by atoms with Crippen molar-refractivity contribution in [2.24, 2.45) is 0 Å². The zero-order valence-corrected chi connectivity index (χ0v) is 8.56. The van der Waals surface area contributed by atoms with Crippen molar-refractivity contribution >= 4 is 6.03 Å². The molecule has 1 amide bonds. The van der Waals surface area contributed by atoms with Crippen molar-refractivity contribution in [1.29, 1.82) is 0 Å². The largest absolute Gasteiger partial charge is 0.388 e. The Bertz CT molecular complexity index is 300. The molecule has 0 fully saturated rings. The number of carbonyl (C=O) groups excluding carboxylic acids is 1. The number of aliphatic hydroxyl groups is 1. The van der Waals surface area contributed by atoms with Gasteiger partial charge in [0.2, 0.25) is 0 Å². The van der Waals surface area contributed by atoms with Gasteiger partial charge in [0.15, 0.2) is 0 Å². The lowest BCUT2D eigenvalue weighted by molar-refractivity contribution is 0.0479. The number of carbonyl (C=O) groups is 1. The number of aromatic nitrogens is 2. The molecule has 5 nitrogen and oxygen atoms in total. The van der Waals surface area contributed by atoms with Crippen LogP contribution >= 0.6 is 0 Å². The van der Waals surface area contributed by atoms with E-state index in [1.807, 2.05) is 0 Å². The Kier molecular flexibility index (Phi) is 2.90. The van der Waals surface area contributed by atoms with E-state index >= 15 is 0 Å². The molecule has 1 aromatic heterocycles. The van der Waals surface area contributed by atoms with Crippen LogP contribution in [0, 0.1) is 0 Å². The minimum atomic E-state index is -0.934. The van der Waals surface area contributed by atoms with E-state index < -0.39 is 5.60 Å². The summed E-state index contributed by atoms with van der Waals surface area (Å²) in [6.45, 7) is 5.03. The quantitative estimate of drug-likeness (QED) is 0.729. The highest BCUT2D eigenvalue weighted by atomic mass is 16.3. The van der Waals surface area contributed by atoms with Gasteiger partial charge >= 0.3 is 6.03 Å². The van der Waals surface area contributed by atoms with Crippen LogP contribution in [-0.2, 0) is 0 Å². The van der Waals surface area contributed by atoms with E-state index in [9.17, 15) is 9.90 Å². The molecule has 2 N–H and O–H groups in total. The summed E-state index contributed by atoms with van der Waals surface area (Å²) >= 11 is 0. The highest BCUT2D eigenvalue weighted by Crippen LogP contribution is 2.07. The number of imidazole rings is 1. The second-order valence-corrected chi connectivity index (χ2v) is 3.79. The average molecular weight is 197 g/mol. The van der Waals surface area contributed by atoms with E-state index in [4.69, 9.17) is 0 Å². The molecule has 14 heavy (non-hydrogen) atoms. The first kappa shape index (κ1) is 10.7. The highest BCUT2D eigenvalue weighted by Gasteiger charge is 2.23. The molecular formula is C9H15N3O2. The van der Waals surface area contributed by atoms with E-state index in [-0.39, 0.29) is 12.1 Å². The standard InChI is InChI=1S/C9H15N3O2/c1-7(9(2,3)14)11-8(13)12-5-4-10-6-12/h4-7,14H,1-3H3,(H,11,13). The molecule has 0 bridgehead atoms. The summed E-state index contributed by atoms with van der Waals surface area (Å²) in [6.07, 6.45) is 4.48. The summed E-state index contributed by atoms with van der Waals surface area (Å²) in [5, 5.41) is 12.2. The lowest BCUT2D eigenvalue weighted by atomic mass is 10.0. The van der Waals surface area contributed by atoms with E-state index in [2.05, 4.69) is 10.3 Å². The summed E-state index contributed by atoms with van der Waals surface area (Å²) < 4.78 is 1.32. The first-order chi connectivity index (χ1) is 6.41. The van der Waals surface area contributed by atoms with Gasteiger partial charge in [-0.05, 0) is 20.8 Å². The first-order valence-electron chi connectivity index (χ1n) is 4.42. The minimum Gasteiger partial charge on any atom is -0.388 e. The Morgan fingerprint density at radius 2 is 2.29 bits per heavy atom. The zero-order valence-electron chi connectivity index (χ0n) is 8.56.